The van der Waals surface area contributed by atoms with E-state index in [1.54, 1.807) is 36.4 Å². The Hall–Kier alpha value is -3.45. The topological polar surface area (TPSA) is 95.5 Å². The number of anilines is 2. The fraction of sp³-hybridized carbons (Fsp3) is 0.174. The third-order valence-electron chi connectivity index (χ3n) is 5.05. The Labute approximate surface area is 177 Å². The lowest BCUT2D eigenvalue weighted by Crippen LogP contribution is -2.18. The van der Waals surface area contributed by atoms with Gasteiger partial charge in [-0.25, -0.2) is 4.79 Å². The van der Waals surface area contributed by atoms with E-state index >= 15 is 0 Å². The smallest absolute Gasteiger partial charge is 0.335 e. The summed E-state index contributed by atoms with van der Waals surface area (Å²) in [7, 11) is 0. The minimum absolute atomic E-state index is 0.150. The molecule has 0 bridgehead atoms. The molecule has 0 atom stereocenters. The first-order valence-corrected chi connectivity index (χ1v) is 10.5. The van der Waals surface area contributed by atoms with Gasteiger partial charge >= 0.3 is 5.97 Å². The number of benzene rings is 2. The van der Waals surface area contributed by atoms with E-state index in [-0.39, 0.29) is 17.4 Å². The van der Waals surface area contributed by atoms with Crippen molar-refractivity contribution in [3.63, 3.8) is 0 Å². The molecule has 30 heavy (non-hydrogen) atoms. The molecule has 6 nitrogen and oxygen atoms in total. The lowest BCUT2D eigenvalue weighted by atomic mass is 9.95. The molecular weight excluding hydrogens is 400 g/mol. The van der Waals surface area contributed by atoms with Crippen LogP contribution in [0.25, 0.3) is 0 Å². The molecule has 4 rings (SSSR count). The Balaban J connectivity index is 1.62. The van der Waals surface area contributed by atoms with Crippen LogP contribution in [-0.2, 0) is 12.8 Å². The van der Waals surface area contributed by atoms with E-state index in [1.165, 1.54) is 23.5 Å². The fourth-order valence-corrected chi connectivity index (χ4v) is 4.83. The molecule has 1 heterocycles. The summed E-state index contributed by atoms with van der Waals surface area (Å²) < 4.78 is 0. The molecule has 2 amide bonds. The first kappa shape index (κ1) is 19.8. The normalized spacial score (nSPS) is 12.7. The van der Waals surface area contributed by atoms with Crippen molar-refractivity contribution < 1.29 is 19.5 Å². The zero-order chi connectivity index (χ0) is 21.1. The zero-order valence-electron chi connectivity index (χ0n) is 16.1. The van der Waals surface area contributed by atoms with Crippen molar-refractivity contribution in [2.45, 2.75) is 25.7 Å². The van der Waals surface area contributed by atoms with Crippen LogP contribution in [-0.4, -0.2) is 22.9 Å². The SMILES string of the molecule is O=C(O)c1ccc(NC(=O)c2c(NC(=O)c3ccccc3)sc3c2CCCC3)cc1. The number of fused-ring (bicyclic) bond motifs is 1. The molecule has 7 heteroatoms. The summed E-state index contributed by atoms with van der Waals surface area (Å²) in [5.41, 5.74) is 2.67. The van der Waals surface area contributed by atoms with Gasteiger partial charge in [0.25, 0.3) is 11.8 Å². The highest BCUT2D eigenvalue weighted by atomic mass is 32.1. The quantitative estimate of drug-likeness (QED) is 0.551. The van der Waals surface area contributed by atoms with Crippen LogP contribution >= 0.6 is 11.3 Å². The average molecular weight is 420 g/mol. The van der Waals surface area contributed by atoms with E-state index in [0.717, 1.165) is 36.1 Å². The number of thiophene rings is 1. The molecule has 0 saturated carbocycles. The van der Waals surface area contributed by atoms with Crippen molar-refractivity contribution in [2.75, 3.05) is 10.6 Å². The molecule has 1 aliphatic rings. The van der Waals surface area contributed by atoms with Gasteiger partial charge in [-0.3, -0.25) is 9.59 Å². The van der Waals surface area contributed by atoms with Gasteiger partial charge in [0.05, 0.1) is 11.1 Å². The number of hydrogen-bond donors (Lipinski definition) is 3. The van der Waals surface area contributed by atoms with E-state index in [4.69, 9.17) is 5.11 Å². The molecule has 0 saturated heterocycles. The molecule has 0 aliphatic heterocycles. The second kappa shape index (κ2) is 8.51. The van der Waals surface area contributed by atoms with E-state index < -0.39 is 5.97 Å². The van der Waals surface area contributed by atoms with Gasteiger partial charge in [0.1, 0.15) is 5.00 Å². The van der Waals surface area contributed by atoms with Crippen LogP contribution in [0.3, 0.4) is 0 Å². The average Bonchev–Trinajstić information content (AvgIpc) is 3.12. The van der Waals surface area contributed by atoms with Crippen LogP contribution in [0.1, 0.15) is 54.4 Å². The second-order valence-electron chi connectivity index (χ2n) is 7.07. The monoisotopic (exact) mass is 420 g/mol. The Morgan fingerprint density at radius 2 is 1.50 bits per heavy atom. The largest absolute Gasteiger partial charge is 0.478 e. The summed E-state index contributed by atoms with van der Waals surface area (Å²) in [4.78, 5) is 38.0. The molecule has 2 aromatic carbocycles. The highest BCUT2D eigenvalue weighted by Gasteiger charge is 2.26. The van der Waals surface area contributed by atoms with Gasteiger partial charge in [-0.15, -0.1) is 11.3 Å². The van der Waals surface area contributed by atoms with Gasteiger partial charge < -0.3 is 15.7 Å². The summed E-state index contributed by atoms with van der Waals surface area (Å²) in [5.74, 6) is -1.58. The molecular formula is C23H20N2O4S. The van der Waals surface area contributed by atoms with Crippen LogP contribution in [0.15, 0.2) is 54.6 Å². The van der Waals surface area contributed by atoms with Crippen LogP contribution < -0.4 is 10.6 Å². The van der Waals surface area contributed by atoms with E-state index in [1.807, 2.05) is 6.07 Å². The Morgan fingerprint density at radius 3 is 2.20 bits per heavy atom. The Kier molecular flexibility index (Phi) is 5.63. The minimum atomic E-state index is -1.02. The maximum Gasteiger partial charge on any atom is 0.335 e. The number of amides is 2. The van der Waals surface area contributed by atoms with Gasteiger partial charge in [0, 0.05) is 16.1 Å². The number of rotatable bonds is 5. The zero-order valence-corrected chi connectivity index (χ0v) is 16.9. The van der Waals surface area contributed by atoms with Gasteiger partial charge in [-0.1, -0.05) is 18.2 Å². The number of aromatic carboxylic acids is 1. The van der Waals surface area contributed by atoms with Crippen molar-refractivity contribution in [2.24, 2.45) is 0 Å². The van der Waals surface area contributed by atoms with Crippen molar-refractivity contribution in [1.82, 2.24) is 0 Å². The first-order chi connectivity index (χ1) is 14.5. The van der Waals surface area contributed by atoms with Crippen molar-refractivity contribution in [3.05, 3.63) is 81.7 Å². The van der Waals surface area contributed by atoms with Gasteiger partial charge in [-0.05, 0) is 67.6 Å². The summed E-state index contributed by atoms with van der Waals surface area (Å²) in [6, 6.07) is 14.9. The number of carbonyl (C=O) groups excluding carboxylic acids is 2. The number of hydrogen-bond acceptors (Lipinski definition) is 4. The van der Waals surface area contributed by atoms with Gasteiger partial charge in [-0.2, -0.15) is 0 Å². The van der Waals surface area contributed by atoms with Crippen molar-refractivity contribution >= 4 is 39.8 Å². The Morgan fingerprint density at radius 1 is 0.800 bits per heavy atom. The first-order valence-electron chi connectivity index (χ1n) is 9.68. The number of nitrogens with one attached hydrogen (secondary N) is 2. The van der Waals surface area contributed by atoms with Crippen molar-refractivity contribution in [1.29, 1.82) is 0 Å². The number of carboxylic acid groups (broad SMARTS) is 1. The molecule has 0 unspecified atom stereocenters. The third kappa shape index (κ3) is 4.11. The van der Waals surface area contributed by atoms with Gasteiger partial charge in [0.2, 0.25) is 0 Å². The second-order valence-corrected chi connectivity index (χ2v) is 8.18. The molecule has 1 aromatic heterocycles. The summed E-state index contributed by atoms with van der Waals surface area (Å²) in [6.45, 7) is 0. The van der Waals surface area contributed by atoms with E-state index in [0.29, 0.717) is 21.8 Å². The van der Waals surface area contributed by atoms with Crippen LogP contribution in [0, 0.1) is 0 Å². The molecule has 1 aliphatic carbocycles. The minimum Gasteiger partial charge on any atom is -0.478 e. The molecule has 152 valence electrons. The lowest BCUT2D eigenvalue weighted by molar-refractivity contribution is 0.0696. The van der Waals surface area contributed by atoms with E-state index in [2.05, 4.69) is 10.6 Å². The summed E-state index contributed by atoms with van der Waals surface area (Å²) in [5, 5.41) is 15.3. The number of carboxylic acids is 1. The molecule has 3 N–H and O–H groups in total. The highest BCUT2D eigenvalue weighted by molar-refractivity contribution is 7.17. The molecule has 0 spiro atoms. The number of aryl methyl sites for hydroxylation is 1. The predicted molar refractivity (Wildman–Crippen MR) is 117 cm³/mol. The van der Waals surface area contributed by atoms with Crippen LogP contribution in [0.2, 0.25) is 0 Å². The fourth-order valence-electron chi connectivity index (χ4n) is 3.55. The number of carbonyl (C=O) groups is 3. The van der Waals surface area contributed by atoms with Crippen molar-refractivity contribution in [3.8, 4) is 0 Å². The van der Waals surface area contributed by atoms with Crippen LogP contribution in [0.5, 0.6) is 0 Å². The highest BCUT2D eigenvalue weighted by Crippen LogP contribution is 2.38. The van der Waals surface area contributed by atoms with Crippen LogP contribution in [0.4, 0.5) is 10.7 Å². The Bertz CT molecular complexity index is 1100. The van der Waals surface area contributed by atoms with E-state index in [9.17, 15) is 14.4 Å². The lowest BCUT2D eigenvalue weighted by Gasteiger charge is -2.13. The molecule has 0 radical (unpaired) electrons. The third-order valence-corrected chi connectivity index (χ3v) is 6.26. The summed E-state index contributed by atoms with van der Waals surface area (Å²) in [6.07, 6.45) is 3.77. The summed E-state index contributed by atoms with van der Waals surface area (Å²) >= 11 is 1.46. The van der Waals surface area contributed by atoms with Gasteiger partial charge in [0.15, 0.2) is 0 Å². The maximum absolute atomic E-state index is 13.1. The molecule has 0 fully saturated rings. The standard InChI is InChI=1S/C23H20N2O4S/c26-20(14-6-2-1-3-7-14)25-22-19(17-8-4-5-9-18(17)30-22)21(27)24-16-12-10-15(11-13-16)23(28)29/h1-3,6-7,10-13H,4-5,8-9H2,(H,24,27)(H,25,26)(H,28,29). The predicted octanol–water partition coefficient (Wildman–Crippen LogP) is 4.83. The maximum atomic E-state index is 13.1. The molecule has 3 aromatic rings.